The molecule has 1 N–H and O–H groups in total. The van der Waals surface area contributed by atoms with E-state index in [0.717, 1.165) is 20.4 Å². The van der Waals surface area contributed by atoms with E-state index in [9.17, 15) is 0 Å². The number of halogens is 1. The summed E-state index contributed by atoms with van der Waals surface area (Å²) in [7, 11) is 6.47. The second kappa shape index (κ2) is 9.36. The molecule has 0 aliphatic carbocycles. The number of hydrogen-bond acceptors (Lipinski definition) is 6. The van der Waals surface area contributed by atoms with Crippen LogP contribution in [0, 0.1) is 3.57 Å². The highest BCUT2D eigenvalue weighted by Crippen LogP contribution is 2.33. The van der Waals surface area contributed by atoms with Gasteiger partial charge in [0.25, 0.3) is 0 Å². The zero-order chi connectivity index (χ0) is 18.2. The second-order valence-electron chi connectivity index (χ2n) is 5.02. The van der Waals surface area contributed by atoms with Gasteiger partial charge in [-0.2, -0.15) is 5.10 Å². The SMILES string of the molecule is COc1ccc(CN/N=C\c2cc(I)c(OC)c(OC)c2)cc1OC. The van der Waals surface area contributed by atoms with Crippen molar-refractivity contribution in [1.82, 2.24) is 5.43 Å². The van der Waals surface area contributed by atoms with Crippen molar-refractivity contribution in [2.75, 3.05) is 28.4 Å². The first-order valence-electron chi connectivity index (χ1n) is 7.51. The van der Waals surface area contributed by atoms with Crippen molar-refractivity contribution in [3.63, 3.8) is 0 Å². The standard InChI is InChI=1S/C18H21IN2O4/c1-22-15-6-5-12(8-16(15)23-2)10-20-21-11-13-7-14(19)18(25-4)17(9-13)24-3/h5-9,11,20H,10H2,1-4H3/b21-11-. The molecule has 0 heterocycles. The van der Waals surface area contributed by atoms with E-state index in [0.29, 0.717) is 23.8 Å². The minimum atomic E-state index is 0.571. The summed E-state index contributed by atoms with van der Waals surface area (Å²) in [5.74, 6) is 2.80. The van der Waals surface area contributed by atoms with Gasteiger partial charge in [-0.15, -0.1) is 0 Å². The largest absolute Gasteiger partial charge is 0.493 e. The lowest BCUT2D eigenvalue weighted by Gasteiger charge is -2.10. The number of nitrogens with zero attached hydrogens (tertiary/aromatic N) is 1. The maximum Gasteiger partial charge on any atom is 0.174 e. The molecule has 0 saturated carbocycles. The molecule has 2 rings (SSSR count). The van der Waals surface area contributed by atoms with Crippen molar-refractivity contribution in [1.29, 1.82) is 0 Å². The fourth-order valence-electron chi connectivity index (χ4n) is 2.26. The van der Waals surface area contributed by atoms with Crippen molar-refractivity contribution < 1.29 is 18.9 Å². The molecule has 0 unspecified atom stereocenters. The first kappa shape index (κ1) is 19.2. The van der Waals surface area contributed by atoms with Crippen molar-refractivity contribution >= 4 is 28.8 Å². The van der Waals surface area contributed by atoms with Gasteiger partial charge in [-0.25, -0.2) is 0 Å². The van der Waals surface area contributed by atoms with E-state index in [1.807, 2.05) is 30.3 Å². The lowest BCUT2D eigenvalue weighted by atomic mass is 10.2. The first-order valence-corrected chi connectivity index (χ1v) is 8.59. The Morgan fingerprint density at radius 3 is 2.28 bits per heavy atom. The van der Waals surface area contributed by atoms with E-state index in [1.165, 1.54) is 0 Å². The molecule has 0 atom stereocenters. The molecule has 0 fully saturated rings. The van der Waals surface area contributed by atoms with Gasteiger partial charge in [-0.3, -0.25) is 0 Å². The summed E-state index contributed by atoms with van der Waals surface area (Å²) in [5.41, 5.74) is 4.98. The van der Waals surface area contributed by atoms with Gasteiger partial charge in [-0.05, 0) is 58.0 Å². The lowest BCUT2D eigenvalue weighted by molar-refractivity contribution is 0.353. The van der Waals surface area contributed by atoms with Crippen LogP contribution < -0.4 is 24.4 Å². The van der Waals surface area contributed by atoms with Gasteiger partial charge < -0.3 is 24.4 Å². The molecule has 6 nitrogen and oxygen atoms in total. The third kappa shape index (κ3) is 4.91. The zero-order valence-corrected chi connectivity index (χ0v) is 16.8. The highest BCUT2D eigenvalue weighted by atomic mass is 127. The summed E-state index contributed by atoms with van der Waals surface area (Å²) in [6.07, 6.45) is 1.74. The fraction of sp³-hybridized carbons (Fsp3) is 0.278. The van der Waals surface area contributed by atoms with E-state index >= 15 is 0 Å². The smallest absolute Gasteiger partial charge is 0.174 e. The third-order valence-corrected chi connectivity index (χ3v) is 4.29. The van der Waals surface area contributed by atoms with Crippen LogP contribution in [0.2, 0.25) is 0 Å². The van der Waals surface area contributed by atoms with Crippen molar-refractivity contribution in [3.8, 4) is 23.0 Å². The van der Waals surface area contributed by atoms with Gasteiger partial charge in [0, 0.05) is 0 Å². The van der Waals surface area contributed by atoms with Gasteiger partial charge in [-0.1, -0.05) is 6.07 Å². The Bertz CT molecular complexity index is 750. The number of methoxy groups -OCH3 is 4. The van der Waals surface area contributed by atoms with E-state index in [1.54, 1.807) is 34.7 Å². The van der Waals surface area contributed by atoms with Crippen molar-refractivity contribution in [3.05, 3.63) is 45.0 Å². The number of rotatable bonds is 8. The van der Waals surface area contributed by atoms with Crippen LogP contribution in [-0.4, -0.2) is 34.7 Å². The van der Waals surface area contributed by atoms with Gasteiger partial charge in [0.05, 0.1) is 44.8 Å². The zero-order valence-electron chi connectivity index (χ0n) is 14.6. The minimum Gasteiger partial charge on any atom is -0.493 e. The normalized spacial score (nSPS) is 10.6. The number of benzene rings is 2. The highest BCUT2D eigenvalue weighted by molar-refractivity contribution is 14.1. The van der Waals surface area contributed by atoms with Crippen molar-refractivity contribution in [2.24, 2.45) is 5.10 Å². The highest BCUT2D eigenvalue weighted by Gasteiger charge is 2.09. The molecule has 0 amide bonds. The summed E-state index contributed by atoms with van der Waals surface area (Å²) in [4.78, 5) is 0. The average molecular weight is 456 g/mol. The maximum atomic E-state index is 5.34. The predicted molar refractivity (Wildman–Crippen MR) is 106 cm³/mol. The Labute approximate surface area is 161 Å². The van der Waals surface area contributed by atoms with E-state index in [-0.39, 0.29) is 0 Å². The lowest BCUT2D eigenvalue weighted by Crippen LogP contribution is -2.06. The van der Waals surface area contributed by atoms with Crippen LogP contribution in [0.3, 0.4) is 0 Å². The van der Waals surface area contributed by atoms with Gasteiger partial charge in [0.1, 0.15) is 0 Å². The molecule has 25 heavy (non-hydrogen) atoms. The minimum absolute atomic E-state index is 0.571. The summed E-state index contributed by atoms with van der Waals surface area (Å²) in [6.45, 7) is 0.571. The van der Waals surface area contributed by atoms with E-state index in [4.69, 9.17) is 18.9 Å². The molecule has 0 spiro atoms. The number of hydrazone groups is 1. The van der Waals surface area contributed by atoms with Crippen LogP contribution in [0.1, 0.15) is 11.1 Å². The summed E-state index contributed by atoms with van der Waals surface area (Å²) in [5, 5.41) is 4.26. The summed E-state index contributed by atoms with van der Waals surface area (Å²) >= 11 is 2.21. The summed E-state index contributed by atoms with van der Waals surface area (Å²) in [6, 6.07) is 9.60. The van der Waals surface area contributed by atoms with E-state index < -0.39 is 0 Å². The van der Waals surface area contributed by atoms with Crippen molar-refractivity contribution in [2.45, 2.75) is 6.54 Å². The molecule has 0 saturated heterocycles. The second-order valence-corrected chi connectivity index (χ2v) is 6.18. The molecule has 0 aromatic heterocycles. The molecule has 0 aliphatic rings. The van der Waals surface area contributed by atoms with Crippen LogP contribution in [0.5, 0.6) is 23.0 Å². The number of ether oxygens (including phenoxy) is 4. The Balaban J connectivity index is 2.03. The van der Waals surface area contributed by atoms with Crippen LogP contribution in [0.4, 0.5) is 0 Å². The van der Waals surface area contributed by atoms with Crippen LogP contribution in [0.25, 0.3) is 0 Å². The predicted octanol–water partition coefficient (Wildman–Crippen LogP) is 3.45. The van der Waals surface area contributed by atoms with Gasteiger partial charge in [0.15, 0.2) is 23.0 Å². The number of nitrogens with one attached hydrogen (secondary N) is 1. The molecular weight excluding hydrogens is 435 g/mol. The topological polar surface area (TPSA) is 61.3 Å². The molecule has 7 heteroatoms. The van der Waals surface area contributed by atoms with Gasteiger partial charge in [0.2, 0.25) is 0 Å². The van der Waals surface area contributed by atoms with E-state index in [2.05, 4.69) is 33.1 Å². The molecule has 0 radical (unpaired) electrons. The Kier molecular flexibility index (Phi) is 7.17. The maximum absolute atomic E-state index is 5.34. The quantitative estimate of drug-likeness (QED) is 0.375. The van der Waals surface area contributed by atoms with Crippen LogP contribution in [-0.2, 0) is 6.54 Å². The fourth-order valence-corrected chi connectivity index (χ4v) is 3.11. The Morgan fingerprint density at radius 2 is 1.64 bits per heavy atom. The van der Waals surface area contributed by atoms with Gasteiger partial charge >= 0.3 is 0 Å². The monoisotopic (exact) mass is 456 g/mol. The average Bonchev–Trinajstić information content (AvgIpc) is 2.64. The molecule has 2 aromatic rings. The van der Waals surface area contributed by atoms with Crippen LogP contribution in [0.15, 0.2) is 35.4 Å². The first-order chi connectivity index (χ1) is 12.1. The molecule has 134 valence electrons. The molecular formula is C18H21IN2O4. The molecule has 0 aliphatic heterocycles. The Hall–Kier alpha value is -2.16. The Morgan fingerprint density at radius 1 is 0.920 bits per heavy atom. The van der Waals surface area contributed by atoms with Crippen LogP contribution >= 0.6 is 22.6 Å². The third-order valence-electron chi connectivity index (χ3n) is 3.49. The number of hydrogen-bond donors (Lipinski definition) is 1. The summed E-state index contributed by atoms with van der Waals surface area (Å²) < 4.78 is 22.2. The molecule has 2 aromatic carbocycles. The molecule has 0 bridgehead atoms.